The maximum absolute atomic E-state index is 11.9. The van der Waals surface area contributed by atoms with Crippen LogP contribution in [0.25, 0.3) is 0 Å². The molecule has 0 unspecified atom stereocenters. The first-order chi connectivity index (χ1) is 13.2. The third-order valence-corrected chi connectivity index (χ3v) is 6.54. The van der Waals surface area contributed by atoms with Crippen molar-refractivity contribution in [3.8, 4) is 11.5 Å². The van der Waals surface area contributed by atoms with Gasteiger partial charge in [0.2, 0.25) is 5.91 Å². The molecule has 1 aromatic carbocycles. The summed E-state index contributed by atoms with van der Waals surface area (Å²) >= 11 is 4.68. The number of benzene rings is 1. The molecule has 0 atom stereocenters. The molecule has 0 radical (unpaired) electrons. The van der Waals surface area contributed by atoms with Gasteiger partial charge in [-0.15, -0.1) is 10.2 Å². The number of hydrogen-bond acceptors (Lipinski definition) is 8. The fourth-order valence-corrected chi connectivity index (χ4v) is 4.96. The van der Waals surface area contributed by atoms with Crippen LogP contribution >= 0.6 is 34.9 Å². The van der Waals surface area contributed by atoms with Crippen LogP contribution in [0.4, 0.5) is 0 Å². The number of carbonyl (C=O) groups excluding carboxylic acids is 1. The van der Waals surface area contributed by atoms with Crippen LogP contribution < -0.4 is 14.8 Å². The summed E-state index contributed by atoms with van der Waals surface area (Å²) in [6.45, 7) is 5.63. The molecule has 2 aromatic rings. The van der Waals surface area contributed by atoms with Crippen LogP contribution in [0.3, 0.4) is 0 Å². The van der Waals surface area contributed by atoms with Gasteiger partial charge in [0.25, 0.3) is 0 Å². The second-order valence-electron chi connectivity index (χ2n) is 5.43. The minimum absolute atomic E-state index is 0.0364. The molecule has 0 aliphatic carbocycles. The number of ether oxygens (including phenoxy) is 2. The molecule has 148 valence electrons. The van der Waals surface area contributed by atoms with Gasteiger partial charge in [0.1, 0.15) is 18.1 Å². The number of carbonyl (C=O) groups is 1. The van der Waals surface area contributed by atoms with Crippen molar-refractivity contribution < 1.29 is 14.3 Å². The van der Waals surface area contributed by atoms with Gasteiger partial charge in [-0.25, -0.2) is 0 Å². The van der Waals surface area contributed by atoms with Crippen molar-refractivity contribution in [2.24, 2.45) is 0 Å². The molecule has 9 heteroatoms. The summed E-state index contributed by atoms with van der Waals surface area (Å²) in [6.07, 6.45) is 2.35. The van der Waals surface area contributed by atoms with E-state index in [1.807, 2.05) is 31.2 Å². The number of rotatable bonds is 13. The Bertz CT molecular complexity index is 680. The Kier molecular flexibility index (Phi) is 10.4. The zero-order chi connectivity index (χ0) is 19.3. The summed E-state index contributed by atoms with van der Waals surface area (Å²) in [6, 6.07) is 7.44. The molecule has 0 bridgehead atoms. The van der Waals surface area contributed by atoms with Crippen LogP contribution in [-0.4, -0.2) is 47.4 Å². The number of unbranched alkanes of at least 4 members (excludes halogenated alkanes) is 1. The zero-order valence-electron chi connectivity index (χ0n) is 15.6. The third kappa shape index (κ3) is 8.85. The number of nitrogens with one attached hydrogen (secondary N) is 1. The Hall–Kier alpha value is -1.45. The van der Waals surface area contributed by atoms with E-state index in [2.05, 4.69) is 22.4 Å². The molecule has 0 aliphatic rings. The maximum atomic E-state index is 11.9. The number of aromatic nitrogens is 2. The molecule has 0 spiro atoms. The van der Waals surface area contributed by atoms with Gasteiger partial charge in [-0.2, -0.15) is 0 Å². The predicted molar refractivity (Wildman–Crippen MR) is 112 cm³/mol. The van der Waals surface area contributed by atoms with Crippen molar-refractivity contribution in [2.45, 2.75) is 35.4 Å². The summed E-state index contributed by atoms with van der Waals surface area (Å²) in [5.74, 6) is 2.93. The van der Waals surface area contributed by atoms with Gasteiger partial charge in [-0.05, 0) is 37.6 Å². The Morgan fingerprint density at radius 3 is 2.41 bits per heavy atom. The molecular weight excluding hydrogens is 402 g/mol. The van der Waals surface area contributed by atoms with Crippen molar-refractivity contribution in [3.05, 3.63) is 24.3 Å². The van der Waals surface area contributed by atoms with Crippen LogP contribution in [0.1, 0.15) is 26.7 Å². The highest BCUT2D eigenvalue weighted by atomic mass is 32.2. The topological polar surface area (TPSA) is 73.3 Å². The van der Waals surface area contributed by atoms with Gasteiger partial charge in [-0.3, -0.25) is 4.79 Å². The first-order valence-corrected chi connectivity index (χ1v) is 11.7. The lowest BCUT2D eigenvalue weighted by Gasteiger charge is -2.08. The number of hydrogen-bond donors (Lipinski definition) is 1. The van der Waals surface area contributed by atoms with Crippen molar-refractivity contribution in [1.29, 1.82) is 0 Å². The first kappa shape index (κ1) is 21.8. The van der Waals surface area contributed by atoms with Gasteiger partial charge in [0.15, 0.2) is 8.68 Å². The van der Waals surface area contributed by atoms with Gasteiger partial charge in [0, 0.05) is 5.75 Å². The quantitative estimate of drug-likeness (QED) is 0.381. The second-order valence-corrected chi connectivity index (χ2v) is 8.97. The summed E-state index contributed by atoms with van der Waals surface area (Å²) in [5.41, 5.74) is 0. The van der Waals surface area contributed by atoms with E-state index in [0.717, 1.165) is 25.9 Å². The summed E-state index contributed by atoms with van der Waals surface area (Å²) in [7, 11) is 0. The fraction of sp³-hybridized carbons (Fsp3) is 0.500. The Morgan fingerprint density at radius 2 is 1.74 bits per heavy atom. The molecule has 0 saturated carbocycles. The van der Waals surface area contributed by atoms with E-state index in [1.54, 1.807) is 23.1 Å². The van der Waals surface area contributed by atoms with Crippen LogP contribution in [0.2, 0.25) is 0 Å². The number of nitrogens with zero attached hydrogens (tertiary/aromatic N) is 2. The lowest BCUT2D eigenvalue weighted by atomic mass is 10.3. The van der Waals surface area contributed by atoms with E-state index in [0.29, 0.717) is 25.5 Å². The smallest absolute Gasteiger partial charge is 0.230 e. The van der Waals surface area contributed by atoms with Crippen molar-refractivity contribution >= 4 is 40.8 Å². The predicted octanol–water partition coefficient (Wildman–Crippen LogP) is 4.12. The molecule has 0 saturated heterocycles. The van der Waals surface area contributed by atoms with Gasteiger partial charge in [0.05, 0.1) is 18.9 Å². The average Bonchev–Trinajstić information content (AvgIpc) is 3.13. The monoisotopic (exact) mass is 427 g/mol. The first-order valence-electron chi connectivity index (χ1n) is 8.92. The summed E-state index contributed by atoms with van der Waals surface area (Å²) in [5, 5.41) is 11.1. The van der Waals surface area contributed by atoms with E-state index in [1.165, 1.54) is 24.6 Å². The van der Waals surface area contributed by atoms with Crippen LogP contribution in [0, 0.1) is 0 Å². The average molecular weight is 428 g/mol. The Morgan fingerprint density at radius 1 is 1.07 bits per heavy atom. The lowest BCUT2D eigenvalue weighted by Crippen LogP contribution is -2.29. The summed E-state index contributed by atoms with van der Waals surface area (Å²) < 4.78 is 12.8. The molecule has 1 aromatic heterocycles. The number of thioether (sulfide) groups is 2. The molecule has 0 aliphatic heterocycles. The lowest BCUT2D eigenvalue weighted by molar-refractivity contribution is -0.118. The molecule has 27 heavy (non-hydrogen) atoms. The molecule has 1 N–H and O–H groups in total. The van der Waals surface area contributed by atoms with Crippen molar-refractivity contribution in [1.82, 2.24) is 15.5 Å². The largest absolute Gasteiger partial charge is 0.494 e. The molecule has 2 rings (SSSR count). The van der Waals surface area contributed by atoms with Gasteiger partial charge >= 0.3 is 0 Å². The van der Waals surface area contributed by atoms with E-state index < -0.39 is 0 Å². The standard InChI is InChI=1S/C18H25N3O3S3/c1-3-5-12-25-17-20-21-18(27-17)26-13-16(22)19-10-11-24-15-8-6-14(7-9-15)23-4-2/h6-9H,3-5,10-13H2,1-2H3,(H,19,22). The minimum Gasteiger partial charge on any atom is -0.494 e. The van der Waals surface area contributed by atoms with Gasteiger partial charge < -0.3 is 14.8 Å². The van der Waals surface area contributed by atoms with E-state index in [9.17, 15) is 4.79 Å². The molecule has 0 fully saturated rings. The van der Waals surface area contributed by atoms with Gasteiger partial charge in [-0.1, -0.05) is 48.2 Å². The summed E-state index contributed by atoms with van der Waals surface area (Å²) in [4.78, 5) is 11.9. The highest BCUT2D eigenvalue weighted by molar-refractivity contribution is 8.03. The third-order valence-electron chi connectivity index (χ3n) is 3.27. The second kappa shape index (κ2) is 12.9. The molecule has 6 nitrogen and oxygen atoms in total. The van der Waals surface area contributed by atoms with E-state index >= 15 is 0 Å². The zero-order valence-corrected chi connectivity index (χ0v) is 18.1. The Balaban J connectivity index is 1.58. The highest BCUT2D eigenvalue weighted by Gasteiger charge is 2.08. The van der Waals surface area contributed by atoms with E-state index in [-0.39, 0.29) is 5.91 Å². The molecular formula is C18H25N3O3S3. The van der Waals surface area contributed by atoms with Crippen LogP contribution in [-0.2, 0) is 4.79 Å². The van der Waals surface area contributed by atoms with Crippen molar-refractivity contribution in [3.63, 3.8) is 0 Å². The maximum Gasteiger partial charge on any atom is 0.230 e. The Labute approximate surface area is 172 Å². The molecule has 1 amide bonds. The fourth-order valence-electron chi connectivity index (χ4n) is 1.95. The number of amides is 1. The minimum atomic E-state index is -0.0364. The van der Waals surface area contributed by atoms with Crippen LogP contribution in [0.15, 0.2) is 32.9 Å². The van der Waals surface area contributed by atoms with Crippen molar-refractivity contribution in [2.75, 3.05) is 31.3 Å². The highest BCUT2D eigenvalue weighted by Crippen LogP contribution is 2.29. The van der Waals surface area contributed by atoms with E-state index in [4.69, 9.17) is 9.47 Å². The normalized spacial score (nSPS) is 10.6. The van der Waals surface area contributed by atoms with Crippen LogP contribution in [0.5, 0.6) is 11.5 Å². The molecule has 1 heterocycles. The SMILES string of the molecule is CCCCSc1nnc(SCC(=O)NCCOc2ccc(OCC)cc2)s1.